The van der Waals surface area contributed by atoms with Gasteiger partial charge in [0.05, 0.1) is 5.75 Å². The highest BCUT2D eigenvalue weighted by molar-refractivity contribution is 8.00. The molecule has 112 valence electrons. The summed E-state index contributed by atoms with van der Waals surface area (Å²) in [5, 5.41) is 2.87. The van der Waals surface area contributed by atoms with Crippen LogP contribution in [0.3, 0.4) is 0 Å². The molecule has 6 heteroatoms. The minimum absolute atomic E-state index is 0.00192. The number of thioether (sulfide) groups is 1. The fourth-order valence-corrected chi connectivity index (χ4v) is 2.68. The summed E-state index contributed by atoms with van der Waals surface area (Å²) < 4.78 is 5.60. The van der Waals surface area contributed by atoms with Crippen molar-refractivity contribution in [1.29, 1.82) is 0 Å². The van der Waals surface area contributed by atoms with Crippen molar-refractivity contribution in [1.82, 2.24) is 15.3 Å². The highest BCUT2D eigenvalue weighted by Crippen LogP contribution is 2.16. The minimum Gasteiger partial charge on any atom is -0.441 e. The highest BCUT2D eigenvalue weighted by Gasteiger charge is 2.06. The van der Waals surface area contributed by atoms with Crippen molar-refractivity contribution in [2.45, 2.75) is 11.3 Å². The van der Waals surface area contributed by atoms with Gasteiger partial charge in [0.2, 0.25) is 5.91 Å². The van der Waals surface area contributed by atoms with Gasteiger partial charge in [-0.05, 0) is 24.3 Å². The van der Waals surface area contributed by atoms with Gasteiger partial charge in [0.15, 0.2) is 11.5 Å². The van der Waals surface area contributed by atoms with E-state index in [-0.39, 0.29) is 5.91 Å². The molecule has 1 aromatic carbocycles. The average molecular weight is 313 g/mol. The van der Waals surface area contributed by atoms with Crippen molar-refractivity contribution in [2.24, 2.45) is 0 Å². The van der Waals surface area contributed by atoms with Gasteiger partial charge in [-0.3, -0.25) is 9.78 Å². The molecular weight excluding hydrogens is 298 g/mol. The number of fused-ring (bicyclic) bond motifs is 1. The predicted octanol–water partition coefficient (Wildman–Crippen LogP) is 2.67. The largest absolute Gasteiger partial charge is 0.441 e. The summed E-state index contributed by atoms with van der Waals surface area (Å²) in [5.41, 5.74) is 1.62. The van der Waals surface area contributed by atoms with Gasteiger partial charge in [0.1, 0.15) is 5.52 Å². The lowest BCUT2D eigenvalue weighted by atomic mass is 10.3. The maximum atomic E-state index is 11.8. The Bertz CT molecular complexity index is 725. The van der Waals surface area contributed by atoms with Gasteiger partial charge in [-0.1, -0.05) is 12.1 Å². The molecule has 2 aromatic heterocycles. The molecule has 0 atom stereocenters. The second-order valence-electron chi connectivity index (χ2n) is 4.65. The molecule has 1 N–H and O–H groups in total. The molecule has 3 rings (SSSR count). The van der Waals surface area contributed by atoms with E-state index in [1.807, 2.05) is 36.4 Å². The van der Waals surface area contributed by atoms with Crippen LogP contribution >= 0.6 is 11.8 Å². The van der Waals surface area contributed by atoms with Crippen LogP contribution < -0.4 is 5.32 Å². The van der Waals surface area contributed by atoms with E-state index < -0.39 is 0 Å². The van der Waals surface area contributed by atoms with E-state index >= 15 is 0 Å². The predicted molar refractivity (Wildman–Crippen MR) is 85.7 cm³/mol. The van der Waals surface area contributed by atoms with Crippen LogP contribution in [0.25, 0.3) is 11.1 Å². The van der Waals surface area contributed by atoms with Crippen molar-refractivity contribution in [3.63, 3.8) is 0 Å². The standard InChI is InChI=1S/C16H15N3O2S/c20-15(11-22-12-5-8-17-9-6-12)18-10-7-16-19-13-3-1-2-4-14(13)21-16/h1-6,8-9H,7,10-11H2,(H,18,20). The lowest BCUT2D eigenvalue weighted by molar-refractivity contribution is -0.118. The number of nitrogens with one attached hydrogen (secondary N) is 1. The maximum absolute atomic E-state index is 11.8. The summed E-state index contributed by atoms with van der Waals surface area (Å²) in [6.45, 7) is 0.516. The first-order valence-corrected chi connectivity index (χ1v) is 7.94. The van der Waals surface area contributed by atoms with E-state index in [4.69, 9.17) is 4.42 Å². The Morgan fingerprint density at radius 1 is 1.18 bits per heavy atom. The minimum atomic E-state index is -0.00192. The number of hydrogen-bond donors (Lipinski definition) is 1. The van der Waals surface area contributed by atoms with Crippen LogP contribution in [-0.4, -0.2) is 28.2 Å². The Labute approximate surface area is 132 Å². The highest BCUT2D eigenvalue weighted by atomic mass is 32.2. The Hall–Kier alpha value is -2.34. The van der Waals surface area contributed by atoms with Gasteiger partial charge in [0.25, 0.3) is 0 Å². The van der Waals surface area contributed by atoms with Crippen molar-refractivity contribution in [3.05, 3.63) is 54.7 Å². The fourth-order valence-electron chi connectivity index (χ4n) is 1.97. The molecule has 2 heterocycles. The normalized spacial score (nSPS) is 10.7. The summed E-state index contributed by atoms with van der Waals surface area (Å²) in [4.78, 5) is 21.1. The third-order valence-corrected chi connectivity index (χ3v) is 4.03. The Morgan fingerprint density at radius 3 is 2.82 bits per heavy atom. The quantitative estimate of drug-likeness (QED) is 0.709. The molecule has 0 aliphatic heterocycles. The van der Waals surface area contributed by atoms with Gasteiger partial charge >= 0.3 is 0 Å². The molecule has 1 amide bonds. The molecule has 0 fully saturated rings. The Balaban J connectivity index is 1.43. The van der Waals surface area contributed by atoms with E-state index in [1.54, 1.807) is 12.4 Å². The molecule has 22 heavy (non-hydrogen) atoms. The van der Waals surface area contributed by atoms with Crippen LogP contribution in [0.15, 0.2) is 58.1 Å². The van der Waals surface area contributed by atoms with Gasteiger partial charge < -0.3 is 9.73 Å². The Kier molecular flexibility index (Phi) is 4.70. The van der Waals surface area contributed by atoms with Crippen LogP contribution in [-0.2, 0) is 11.2 Å². The van der Waals surface area contributed by atoms with E-state index in [2.05, 4.69) is 15.3 Å². The SMILES string of the molecule is O=C(CSc1ccncc1)NCCc1nc2ccccc2o1. The molecule has 0 bridgehead atoms. The number of amides is 1. The maximum Gasteiger partial charge on any atom is 0.230 e. The zero-order valence-electron chi connectivity index (χ0n) is 11.9. The zero-order chi connectivity index (χ0) is 15.2. The van der Waals surface area contributed by atoms with E-state index in [0.29, 0.717) is 24.6 Å². The lowest BCUT2D eigenvalue weighted by Gasteiger charge is -2.03. The van der Waals surface area contributed by atoms with Crippen LogP contribution in [0.4, 0.5) is 0 Å². The van der Waals surface area contributed by atoms with E-state index in [0.717, 1.165) is 16.0 Å². The summed E-state index contributed by atoms with van der Waals surface area (Å²) in [7, 11) is 0. The molecule has 0 spiro atoms. The van der Waals surface area contributed by atoms with Gasteiger partial charge in [0, 0.05) is 30.3 Å². The van der Waals surface area contributed by atoms with Crippen molar-refractivity contribution < 1.29 is 9.21 Å². The number of para-hydroxylation sites is 2. The van der Waals surface area contributed by atoms with Gasteiger partial charge in [-0.15, -0.1) is 11.8 Å². The molecule has 0 saturated carbocycles. The summed E-state index contributed by atoms with van der Waals surface area (Å²) in [6.07, 6.45) is 4.02. The van der Waals surface area contributed by atoms with E-state index in [9.17, 15) is 4.79 Å². The van der Waals surface area contributed by atoms with Crippen molar-refractivity contribution >= 4 is 28.8 Å². The topological polar surface area (TPSA) is 68.0 Å². The number of hydrogen-bond acceptors (Lipinski definition) is 5. The summed E-state index contributed by atoms with van der Waals surface area (Å²) in [6, 6.07) is 11.4. The summed E-state index contributed by atoms with van der Waals surface area (Å²) in [5.74, 6) is 1.03. The van der Waals surface area contributed by atoms with Crippen LogP contribution in [0.1, 0.15) is 5.89 Å². The molecular formula is C16H15N3O2S. The van der Waals surface area contributed by atoms with Crippen molar-refractivity contribution in [3.8, 4) is 0 Å². The van der Waals surface area contributed by atoms with Crippen LogP contribution in [0.5, 0.6) is 0 Å². The first-order chi connectivity index (χ1) is 10.8. The fraction of sp³-hybridized carbons (Fsp3) is 0.188. The zero-order valence-corrected chi connectivity index (χ0v) is 12.7. The lowest BCUT2D eigenvalue weighted by Crippen LogP contribution is -2.27. The monoisotopic (exact) mass is 313 g/mol. The second-order valence-corrected chi connectivity index (χ2v) is 5.70. The molecule has 0 saturated heterocycles. The molecule has 5 nitrogen and oxygen atoms in total. The number of aromatic nitrogens is 2. The Morgan fingerprint density at radius 2 is 2.00 bits per heavy atom. The average Bonchev–Trinajstić information content (AvgIpc) is 2.96. The number of carbonyl (C=O) groups is 1. The van der Waals surface area contributed by atoms with Gasteiger partial charge in [-0.2, -0.15) is 0 Å². The molecule has 0 unspecified atom stereocenters. The number of nitrogens with zero attached hydrogens (tertiary/aromatic N) is 2. The number of rotatable bonds is 6. The summed E-state index contributed by atoms with van der Waals surface area (Å²) >= 11 is 1.49. The second kappa shape index (κ2) is 7.09. The van der Waals surface area contributed by atoms with Gasteiger partial charge in [-0.25, -0.2) is 4.98 Å². The third kappa shape index (κ3) is 3.85. The first kappa shape index (κ1) is 14.6. The third-order valence-electron chi connectivity index (χ3n) is 3.02. The number of oxazole rings is 1. The molecule has 0 radical (unpaired) electrons. The molecule has 3 aromatic rings. The van der Waals surface area contributed by atoms with Crippen molar-refractivity contribution in [2.75, 3.05) is 12.3 Å². The number of benzene rings is 1. The van der Waals surface area contributed by atoms with Crippen LogP contribution in [0.2, 0.25) is 0 Å². The number of pyridine rings is 1. The molecule has 0 aliphatic carbocycles. The molecule has 0 aliphatic rings. The first-order valence-electron chi connectivity index (χ1n) is 6.95. The number of carbonyl (C=O) groups excluding carboxylic acids is 1. The van der Waals surface area contributed by atoms with Crippen LogP contribution in [0, 0.1) is 0 Å². The smallest absolute Gasteiger partial charge is 0.230 e. The van der Waals surface area contributed by atoms with E-state index in [1.165, 1.54) is 11.8 Å².